The SMILES string of the molecule is c1cnc2n[nH]c([C@H]3CCCNC3)c2c1. The van der Waals surface area contributed by atoms with E-state index in [1.54, 1.807) is 6.20 Å². The molecular weight excluding hydrogens is 188 g/mol. The molecular formula is C11H14N4. The Labute approximate surface area is 88.1 Å². The predicted molar refractivity (Wildman–Crippen MR) is 58.7 cm³/mol. The number of nitrogens with zero attached hydrogens (tertiary/aromatic N) is 2. The summed E-state index contributed by atoms with van der Waals surface area (Å²) in [5.41, 5.74) is 2.07. The summed E-state index contributed by atoms with van der Waals surface area (Å²) < 4.78 is 0. The molecule has 4 heteroatoms. The highest BCUT2D eigenvalue weighted by Gasteiger charge is 2.19. The molecule has 2 aromatic heterocycles. The van der Waals surface area contributed by atoms with Crippen LogP contribution < -0.4 is 5.32 Å². The van der Waals surface area contributed by atoms with Crippen LogP contribution in [0.4, 0.5) is 0 Å². The fourth-order valence-corrected chi connectivity index (χ4v) is 2.28. The first-order chi connectivity index (χ1) is 7.45. The first-order valence-electron chi connectivity index (χ1n) is 5.45. The second kappa shape index (κ2) is 3.62. The van der Waals surface area contributed by atoms with Gasteiger partial charge in [0.1, 0.15) is 0 Å². The number of nitrogens with one attached hydrogen (secondary N) is 2. The van der Waals surface area contributed by atoms with Crippen molar-refractivity contribution in [2.75, 3.05) is 13.1 Å². The van der Waals surface area contributed by atoms with Crippen molar-refractivity contribution in [3.05, 3.63) is 24.0 Å². The molecule has 1 aliphatic rings. The molecule has 0 amide bonds. The van der Waals surface area contributed by atoms with E-state index in [2.05, 4.69) is 26.6 Å². The van der Waals surface area contributed by atoms with Crippen LogP contribution in [0.15, 0.2) is 18.3 Å². The molecule has 0 aliphatic carbocycles. The molecule has 0 radical (unpaired) electrons. The van der Waals surface area contributed by atoms with E-state index >= 15 is 0 Å². The molecule has 1 saturated heterocycles. The van der Waals surface area contributed by atoms with E-state index in [0.29, 0.717) is 5.92 Å². The minimum absolute atomic E-state index is 0.563. The van der Waals surface area contributed by atoms with E-state index in [4.69, 9.17) is 0 Å². The van der Waals surface area contributed by atoms with Gasteiger partial charge in [-0.1, -0.05) is 0 Å². The van der Waals surface area contributed by atoms with E-state index in [0.717, 1.165) is 18.7 Å². The second-order valence-corrected chi connectivity index (χ2v) is 4.06. The molecule has 0 spiro atoms. The van der Waals surface area contributed by atoms with Gasteiger partial charge in [0.25, 0.3) is 0 Å². The lowest BCUT2D eigenvalue weighted by atomic mass is 9.94. The maximum absolute atomic E-state index is 4.23. The first-order valence-corrected chi connectivity index (χ1v) is 5.45. The minimum atomic E-state index is 0.563. The van der Waals surface area contributed by atoms with Crippen LogP contribution in [-0.4, -0.2) is 28.3 Å². The highest BCUT2D eigenvalue weighted by atomic mass is 15.2. The molecule has 0 bridgehead atoms. The molecule has 2 aromatic rings. The number of aromatic amines is 1. The topological polar surface area (TPSA) is 53.6 Å². The largest absolute Gasteiger partial charge is 0.316 e. The van der Waals surface area contributed by atoms with Crippen molar-refractivity contribution in [3.63, 3.8) is 0 Å². The molecule has 0 saturated carbocycles. The van der Waals surface area contributed by atoms with Gasteiger partial charge in [-0.15, -0.1) is 0 Å². The minimum Gasteiger partial charge on any atom is -0.316 e. The van der Waals surface area contributed by atoms with Gasteiger partial charge in [-0.25, -0.2) is 4.98 Å². The third kappa shape index (κ3) is 1.51. The average molecular weight is 202 g/mol. The second-order valence-electron chi connectivity index (χ2n) is 4.06. The van der Waals surface area contributed by atoms with E-state index in [1.807, 2.05) is 6.07 Å². The van der Waals surface area contributed by atoms with Crippen molar-refractivity contribution in [1.82, 2.24) is 20.5 Å². The van der Waals surface area contributed by atoms with E-state index in [1.165, 1.54) is 23.9 Å². The van der Waals surface area contributed by atoms with Crippen molar-refractivity contribution in [3.8, 4) is 0 Å². The van der Waals surface area contributed by atoms with Crippen molar-refractivity contribution in [1.29, 1.82) is 0 Å². The summed E-state index contributed by atoms with van der Waals surface area (Å²) >= 11 is 0. The standard InChI is InChI=1S/C11H14N4/c1-3-8(7-12-5-1)10-9-4-2-6-13-11(9)15-14-10/h2,4,6,8,12H,1,3,5,7H2,(H,13,14,15)/t8-/m0/s1. The van der Waals surface area contributed by atoms with Gasteiger partial charge in [-0.3, -0.25) is 5.10 Å². The molecule has 15 heavy (non-hydrogen) atoms. The van der Waals surface area contributed by atoms with Gasteiger partial charge in [0.2, 0.25) is 0 Å². The zero-order chi connectivity index (χ0) is 10.1. The van der Waals surface area contributed by atoms with Crippen LogP contribution in [0.2, 0.25) is 0 Å². The highest BCUT2D eigenvalue weighted by Crippen LogP contribution is 2.26. The number of hydrogen-bond acceptors (Lipinski definition) is 3. The Morgan fingerprint density at radius 2 is 2.40 bits per heavy atom. The fraction of sp³-hybridized carbons (Fsp3) is 0.455. The molecule has 1 fully saturated rings. The molecule has 4 nitrogen and oxygen atoms in total. The lowest BCUT2D eigenvalue weighted by molar-refractivity contribution is 0.456. The zero-order valence-electron chi connectivity index (χ0n) is 8.53. The van der Waals surface area contributed by atoms with Crippen LogP contribution in [0.1, 0.15) is 24.5 Å². The van der Waals surface area contributed by atoms with Gasteiger partial charge in [-0.05, 0) is 31.5 Å². The van der Waals surface area contributed by atoms with Crippen molar-refractivity contribution < 1.29 is 0 Å². The maximum atomic E-state index is 4.23. The van der Waals surface area contributed by atoms with Crippen LogP contribution in [0, 0.1) is 0 Å². The molecule has 1 aliphatic heterocycles. The Kier molecular flexibility index (Phi) is 2.14. The van der Waals surface area contributed by atoms with Crippen LogP contribution in [0.25, 0.3) is 11.0 Å². The van der Waals surface area contributed by atoms with Crippen molar-refractivity contribution in [2.24, 2.45) is 0 Å². The fourth-order valence-electron chi connectivity index (χ4n) is 2.28. The Hall–Kier alpha value is -1.42. The van der Waals surface area contributed by atoms with Gasteiger partial charge in [0.05, 0.1) is 0 Å². The molecule has 0 unspecified atom stereocenters. The Morgan fingerprint density at radius 3 is 3.27 bits per heavy atom. The number of H-pyrrole nitrogens is 1. The summed E-state index contributed by atoms with van der Waals surface area (Å²) in [7, 11) is 0. The Balaban J connectivity index is 2.02. The van der Waals surface area contributed by atoms with Gasteiger partial charge < -0.3 is 5.32 Å². The number of piperidine rings is 1. The van der Waals surface area contributed by atoms with Crippen LogP contribution >= 0.6 is 0 Å². The molecule has 1 atom stereocenters. The number of rotatable bonds is 1. The summed E-state index contributed by atoms with van der Waals surface area (Å²) in [6.45, 7) is 2.19. The molecule has 2 N–H and O–H groups in total. The van der Waals surface area contributed by atoms with Crippen LogP contribution in [-0.2, 0) is 0 Å². The zero-order valence-corrected chi connectivity index (χ0v) is 8.53. The monoisotopic (exact) mass is 202 g/mol. The summed E-state index contributed by atoms with van der Waals surface area (Å²) in [6, 6.07) is 4.06. The summed E-state index contributed by atoms with van der Waals surface area (Å²) in [5.74, 6) is 0.563. The molecule has 0 aromatic carbocycles. The van der Waals surface area contributed by atoms with Gasteiger partial charge in [0, 0.05) is 29.7 Å². The lowest BCUT2D eigenvalue weighted by Gasteiger charge is -2.21. The number of hydrogen-bond donors (Lipinski definition) is 2. The number of aromatic nitrogens is 3. The number of pyridine rings is 1. The van der Waals surface area contributed by atoms with Crippen LogP contribution in [0.5, 0.6) is 0 Å². The highest BCUT2D eigenvalue weighted by molar-refractivity contribution is 5.77. The molecule has 3 heterocycles. The van der Waals surface area contributed by atoms with Crippen molar-refractivity contribution >= 4 is 11.0 Å². The van der Waals surface area contributed by atoms with Crippen molar-refractivity contribution in [2.45, 2.75) is 18.8 Å². The third-order valence-electron chi connectivity index (χ3n) is 3.06. The first kappa shape index (κ1) is 8.85. The number of fused-ring (bicyclic) bond motifs is 1. The molecule has 3 rings (SSSR count). The summed E-state index contributed by atoms with van der Waals surface area (Å²) in [6.07, 6.45) is 4.26. The third-order valence-corrected chi connectivity index (χ3v) is 3.06. The Bertz CT molecular complexity index is 456. The summed E-state index contributed by atoms with van der Waals surface area (Å²) in [5, 5.41) is 12.0. The molecule has 78 valence electrons. The summed E-state index contributed by atoms with van der Waals surface area (Å²) in [4.78, 5) is 4.23. The van der Waals surface area contributed by atoms with E-state index in [-0.39, 0.29) is 0 Å². The average Bonchev–Trinajstić information content (AvgIpc) is 2.74. The van der Waals surface area contributed by atoms with Gasteiger partial charge in [0.15, 0.2) is 5.65 Å². The quantitative estimate of drug-likeness (QED) is 0.735. The van der Waals surface area contributed by atoms with Gasteiger partial charge >= 0.3 is 0 Å². The lowest BCUT2D eigenvalue weighted by Crippen LogP contribution is -2.28. The van der Waals surface area contributed by atoms with E-state index in [9.17, 15) is 0 Å². The smallest absolute Gasteiger partial charge is 0.181 e. The predicted octanol–water partition coefficient (Wildman–Crippen LogP) is 1.42. The maximum Gasteiger partial charge on any atom is 0.181 e. The Morgan fingerprint density at radius 1 is 1.40 bits per heavy atom. The van der Waals surface area contributed by atoms with E-state index < -0.39 is 0 Å². The van der Waals surface area contributed by atoms with Crippen LogP contribution in [0.3, 0.4) is 0 Å². The van der Waals surface area contributed by atoms with Gasteiger partial charge in [-0.2, -0.15) is 5.10 Å². The normalized spacial score (nSPS) is 22.0.